The fraction of sp³-hybridized carbons (Fsp3) is 0.533. The van der Waals surface area contributed by atoms with E-state index in [4.69, 9.17) is 11.6 Å². The summed E-state index contributed by atoms with van der Waals surface area (Å²) in [7, 11) is 0. The van der Waals surface area contributed by atoms with Crippen LogP contribution in [0.5, 0.6) is 0 Å². The summed E-state index contributed by atoms with van der Waals surface area (Å²) in [6.07, 6.45) is 7.32. The molecule has 1 heterocycles. The van der Waals surface area contributed by atoms with Crippen molar-refractivity contribution in [3.63, 3.8) is 0 Å². The molecular formula is C15H25ClN2O. The molecule has 1 amide bonds. The first-order chi connectivity index (χ1) is 9.22. The van der Waals surface area contributed by atoms with Gasteiger partial charge in [0.25, 0.3) is 0 Å². The molecule has 0 saturated carbocycles. The molecule has 4 heteroatoms. The Hall–Kier alpha value is -1.22. The summed E-state index contributed by atoms with van der Waals surface area (Å²) in [6, 6.07) is 0. The predicted molar refractivity (Wildman–Crippen MR) is 83.1 cm³/mol. The highest BCUT2D eigenvalue weighted by atomic mass is 35.5. The third kappa shape index (κ3) is 5.97. The van der Waals surface area contributed by atoms with E-state index in [1.807, 2.05) is 32.9 Å². The van der Waals surface area contributed by atoms with E-state index in [9.17, 15) is 4.79 Å². The number of hydrogen-bond donors (Lipinski definition) is 0. The van der Waals surface area contributed by atoms with Crippen molar-refractivity contribution >= 4 is 18.0 Å². The summed E-state index contributed by atoms with van der Waals surface area (Å²) < 4.78 is 0. The summed E-state index contributed by atoms with van der Waals surface area (Å²) in [5.41, 5.74) is 1.04. The summed E-state index contributed by atoms with van der Waals surface area (Å²) in [5.74, 6) is 0. The number of rotatable bonds is 5. The molecule has 0 aromatic heterocycles. The predicted octanol–water partition coefficient (Wildman–Crippen LogP) is 3.39. The molecular weight excluding hydrogens is 260 g/mol. The summed E-state index contributed by atoms with van der Waals surface area (Å²) in [6.45, 7) is 12.9. The van der Waals surface area contributed by atoms with Crippen molar-refractivity contribution in [2.45, 2.75) is 27.2 Å². The quantitative estimate of drug-likeness (QED) is 0.571. The molecule has 1 rings (SSSR count). The molecule has 1 aliphatic rings. The average Bonchev–Trinajstić information content (AvgIpc) is 2.50. The Balaban J connectivity index is 0.00000154. The first kappa shape index (κ1) is 17.8. The Morgan fingerprint density at radius 2 is 1.84 bits per heavy atom. The van der Waals surface area contributed by atoms with Crippen LogP contribution in [0.3, 0.4) is 0 Å². The van der Waals surface area contributed by atoms with Crippen LogP contribution in [0.1, 0.15) is 27.2 Å². The Bertz CT molecular complexity index is 329. The Kier molecular flexibility index (Phi) is 9.99. The average molecular weight is 285 g/mol. The van der Waals surface area contributed by atoms with Gasteiger partial charge in [-0.2, -0.15) is 0 Å². The van der Waals surface area contributed by atoms with Crippen LogP contribution in [0, 0.1) is 0 Å². The van der Waals surface area contributed by atoms with E-state index in [1.54, 1.807) is 11.0 Å². The Morgan fingerprint density at radius 1 is 1.26 bits per heavy atom. The largest absolute Gasteiger partial charge is 0.367 e. The molecule has 3 nitrogen and oxygen atoms in total. The van der Waals surface area contributed by atoms with Crippen molar-refractivity contribution in [1.82, 2.24) is 9.80 Å². The van der Waals surface area contributed by atoms with Gasteiger partial charge in [-0.1, -0.05) is 51.1 Å². The number of amides is 1. The number of piperazine rings is 1. The maximum Gasteiger partial charge on any atom is 0.209 e. The molecule has 0 aliphatic carbocycles. The molecule has 0 radical (unpaired) electrons. The van der Waals surface area contributed by atoms with Crippen LogP contribution in [0.4, 0.5) is 0 Å². The van der Waals surface area contributed by atoms with Crippen molar-refractivity contribution in [1.29, 1.82) is 0 Å². The molecule has 19 heavy (non-hydrogen) atoms. The second-order valence-corrected chi connectivity index (χ2v) is 4.32. The molecule has 1 aliphatic heterocycles. The SMILES string of the molecule is C=C/C=C\C(=C(\Cl)CC)N1CCN(C=O)CC1.CC. The minimum absolute atomic E-state index is 0.753. The number of allylic oxidation sites excluding steroid dienone is 4. The van der Waals surface area contributed by atoms with Gasteiger partial charge < -0.3 is 9.80 Å². The van der Waals surface area contributed by atoms with E-state index >= 15 is 0 Å². The highest BCUT2D eigenvalue weighted by Crippen LogP contribution is 2.20. The monoisotopic (exact) mass is 284 g/mol. The molecule has 108 valence electrons. The molecule has 0 bridgehead atoms. The lowest BCUT2D eigenvalue weighted by atomic mass is 10.2. The fourth-order valence-electron chi connectivity index (χ4n) is 1.78. The van der Waals surface area contributed by atoms with Gasteiger partial charge in [0.2, 0.25) is 6.41 Å². The topological polar surface area (TPSA) is 23.6 Å². The zero-order chi connectivity index (χ0) is 14.7. The summed E-state index contributed by atoms with van der Waals surface area (Å²) in [4.78, 5) is 14.6. The van der Waals surface area contributed by atoms with E-state index in [0.29, 0.717) is 0 Å². The lowest BCUT2D eigenvalue weighted by molar-refractivity contribution is -0.119. The first-order valence-corrected chi connectivity index (χ1v) is 7.22. The Labute approximate surface area is 122 Å². The van der Waals surface area contributed by atoms with E-state index < -0.39 is 0 Å². The lowest BCUT2D eigenvalue weighted by Crippen LogP contribution is -2.45. The summed E-state index contributed by atoms with van der Waals surface area (Å²) >= 11 is 6.24. The van der Waals surface area contributed by atoms with Gasteiger partial charge in [-0.3, -0.25) is 4.79 Å². The molecule has 0 aromatic carbocycles. The fourth-order valence-corrected chi connectivity index (χ4v) is 1.96. The van der Waals surface area contributed by atoms with Crippen molar-refractivity contribution < 1.29 is 4.79 Å². The molecule has 1 fully saturated rings. The number of nitrogens with zero attached hydrogens (tertiary/aromatic N) is 2. The zero-order valence-electron chi connectivity index (χ0n) is 12.2. The van der Waals surface area contributed by atoms with Crippen molar-refractivity contribution in [3.05, 3.63) is 35.5 Å². The summed E-state index contributed by atoms with van der Waals surface area (Å²) in [5, 5.41) is 0.850. The first-order valence-electron chi connectivity index (χ1n) is 6.85. The van der Waals surface area contributed by atoms with Crippen LogP contribution in [-0.4, -0.2) is 42.4 Å². The third-order valence-electron chi connectivity index (χ3n) is 2.78. The highest BCUT2D eigenvalue weighted by molar-refractivity contribution is 6.30. The standard InChI is InChI=1S/C13H19ClN2O.C2H6/c1-3-5-6-13(12(14)4-2)16-9-7-15(11-17)8-10-16;1-2/h3,5-6,11H,1,4,7-10H2,2H3;1-2H3/b6-5-,13-12-;. The maximum absolute atomic E-state index is 10.6. The van der Waals surface area contributed by atoms with E-state index in [0.717, 1.165) is 49.7 Å². The van der Waals surface area contributed by atoms with Crippen LogP contribution in [-0.2, 0) is 4.79 Å². The second-order valence-electron chi connectivity index (χ2n) is 3.87. The van der Waals surface area contributed by atoms with Gasteiger partial charge in [0.05, 0.1) is 5.70 Å². The number of carbonyl (C=O) groups is 1. The van der Waals surface area contributed by atoms with Gasteiger partial charge in [-0.25, -0.2) is 0 Å². The lowest BCUT2D eigenvalue weighted by Gasteiger charge is -2.35. The smallest absolute Gasteiger partial charge is 0.209 e. The highest BCUT2D eigenvalue weighted by Gasteiger charge is 2.17. The van der Waals surface area contributed by atoms with Crippen molar-refractivity contribution in [3.8, 4) is 0 Å². The molecule has 0 aromatic rings. The molecule has 0 N–H and O–H groups in total. The van der Waals surface area contributed by atoms with Gasteiger partial charge in [-0.15, -0.1) is 0 Å². The van der Waals surface area contributed by atoms with Gasteiger partial charge in [-0.05, 0) is 12.5 Å². The van der Waals surface area contributed by atoms with E-state index in [1.165, 1.54) is 0 Å². The van der Waals surface area contributed by atoms with E-state index in [-0.39, 0.29) is 0 Å². The molecule has 0 spiro atoms. The minimum Gasteiger partial charge on any atom is -0.367 e. The van der Waals surface area contributed by atoms with Crippen LogP contribution >= 0.6 is 11.6 Å². The van der Waals surface area contributed by atoms with Crippen LogP contribution in [0.15, 0.2) is 35.5 Å². The van der Waals surface area contributed by atoms with Crippen LogP contribution < -0.4 is 0 Å². The minimum atomic E-state index is 0.753. The third-order valence-corrected chi connectivity index (χ3v) is 3.24. The molecule has 0 atom stereocenters. The van der Waals surface area contributed by atoms with Gasteiger partial charge in [0, 0.05) is 31.2 Å². The van der Waals surface area contributed by atoms with Crippen LogP contribution in [0.25, 0.3) is 0 Å². The van der Waals surface area contributed by atoms with Crippen molar-refractivity contribution in [2.75, 3.05) is 26.2 Å². The van der Waals surface area contributed by atoms with E-state index in [2.05, 4.69) is 11.5 Å². The zero-order valence-corrected chi connectivity index (χ0v) is 13.0. The Morgan fingerprint density at radius 3 is 2.26 bits per heavy atom. The number of halogens is 1. The second kappa shape index (κ2) is 10.7. The number of hydrogen-bond acceptors (Lipinski definition) is 2. The van der Waals surface area contributed by atoms with Crippen LogP contribution in [0.2, 0.25) is 0 Å². The molecule has 0 unspecified atom stereocenters. The van der Waals surface area contributed by atoms with Gasteiger partial charge in [0.15, 0.2) is 0 Å². The van der Waals surface area contributed by atoms with Gasteiger partial charge in [0.1, 0.15) is 0 Å². The molecule has 1 saturated heterocycles. The maximum atomic E-state index is 10.6. The normalized spacial score (nSPS) is 16.6. The van der Waals surface area contributed by atoms with Crippen molar-refractivity contribution in [2.24, 2.45) is 0 Å². The number of carbonyl (C=O) groups excluding carboxylic acids is 1. The van der Waals surface area contributed by atoms with Gasteiger partial charge >= 0.3 is 0 Å².